The van der Waals surface area contributed by atoms with Crippen LogP contribution in [0.1, 0.15) is 35.6 Å². The molecule has 126 valence electrons. The predicted octanol–water partition coefficient (Wildman–Crippen LogP) is 4.52. The molecule has 24 heavy (non-hydrogen) atoms. The summed E-state index contributed by atoms with van der Waals surface area (Å²) in [6, 6.07) is 16.2. The van der Waals surface area contributed by atoms with E-state index in [4.69, 9.17) is 0 Å². The minimum Gasteiger partial charge on any atom is -0.392 e. The molecule has 2 aromatic carbocycles. The van der Waals surface area contributed by atoms with Crippen molar-refractivity contribution in [3.05, 3.63) is 76.9 Å². The molecule has 0 radical (unpaired) electrons. The molecule has 2 unspecified atom stereocenters. The van der Waals surface area contributed by atoms with E-state index in [9.17, 15) is 9.90 Å². The van der Waals surface area contributed by atoms with Gasteiger partial charge >= 0.3 is 0 Å². The summed E-state index contributed by atoms with van der Waals surface area (Å²) in [4.78, 5) is 12.6. The van der Waals surface area contributed by atoms with E-state index in [1.807, 2.05) is 75.4 Å². The van der Waals surface area contributed by atoms with E-state index < -0.39 is 12.0 Å². The zero-order valence-corrected chi connectivity index (χ0v) is 14.7. The first-order valence-electron chi connectivity index (χ1n) is 8.51. The Bertz CT molecular complexity index is 681. The van der Waals surface area contributed by atoms with Crippen molar-refractivity contribution in [1.29, 1.82) is 0 Å². The third-order valence-electron chi connectivity index (χ3n) is 4.34. The maximum absolute atomic E-state index is 12.6. The zero-order chi connectivity index (χ0) is 17.5. The molecule has 2 rings (SSSR count). The maximum Gasteiger partial charge on any atom is 0.161 e. The second-order valence-corrected chi connectivity index (χ2v) is 6.42. The van der Waals surface area contributed by atoms with Crippen molar-refractivity contribution < 1.29 is 9.90 Å². The molecule has 0 bridgehead atoms. The molecule has 0 saturated carbocycles. The zero-order valence-electron chi connectivity index (χ0n) is 14.7. The summed E-state index contributed by atoms with van der Waals surface area (Å²) in [7, 11) is 0. The van der Waals surface area contributed by atoms with E-state index in [1.165, 1.54) is 11.1 Å². The fraction of sp³-hybridized carbons (Fsp3) is 0.318. The first kappa shape index (κ1) is 18.2. The van der Waals surface area contributed by atoms with Crippen LogP contribution in [0.4, 0.5) is 0 Å². The van der Waals surface area contributed by atoms with Gasteiger partial charge in [-0.1, -0.05) is 72.7 Å². The number of benzene rings is 2. The molecule has 0 saturated heterocycles. The average Bonchev–Trinajstić information content (AvgIpc) is 2.60. The Balaban J connectivity index is 2.12. The largest absolute Gasteiger partial charge is 0.392 e. The minimum atomic E-state index is -0.624. The number of ketones is 1. The van der Waals surface area contributed by atoms with Crippen LogP contribution in [-0.4, -0.2) is 17.0 Å². The molecule has 0 spiro atoms. The molecule has 2 aromatic rings. The van der Waals surface area contributed by atoms with Crippen LogP contribution in [0.2, 0.25) is 0 Å². The van der Waals surface area contributed by atoms with Gasteiger partial charge in [-0.2, -0.15) is 0 Å². The van der Waals surface area contributed by atoms with E-state index in [-0.39, 0.29) is 5.78 Å². The first-order valence-corrected chi connectivity index (χ1v) is 8.51. The second kappa shape index (κ2) is 8.60. The lowest BCUT2D eigenvalue weighted by atomic mass is 9.88. The standard InChI is InChI=1S/C22H26O2/c1-4-21(23)20(15-19-11-7-17(3)8-12-19)22(24)14-13-18-9-5-16(2)6-10-18/h5-14,20-21,23H,4,15H2,1-3H3. The van der Waals surface area contributed by atoms with Crippen LogP contribution in [0.3, 0.4) is 0 Å². The van der Waals surface area contributed by atoms with Crippen molar-refractivity contribution >= 4 is 11.9 Å². The number of aliphatic hydroxyl groups is 1. The molecular formula is C22H26O2. The molecule has 2 nitrogen and oxygen atoms in total. The van der Waals surface area contributed by atoms with Crippen molar-refractivity contribution in [2.45, 2.75) is 39.7 Å². The van der Waals surface area contributed by atoms with Gasteiger partial charge in [0.25, 0.3) is 0 Å². The van der Waals surface area contributed by atoms with Crippen LogP contribution >= 0.6 is 0 Å². The predicted molar refractivity (Wildman–Crippen MR) is 99.9 cm³/mol. The van der Waals surface area contributed by atoms with Crippen LogP contribution in [0.25, 0.3) is 6.08 Å². The number of rotatable bonds is 7. The summed E-state index contributed by atoms with van der Waals surface area (Å²) in [6.07, 6.45) is 3.93. The van der Waals surface area contributed by atoms with Gasteiger partial charge in [0.1, 0.15) is 0 Å². The lowest BCUT2D eigenvalue weighted by Crippen LogP contribution is -2.28. The van der Waals surface area contributed by atoms with Gasteiger partial charge in [0, 0.05) is 0 Å². The van der Waals surface area contributed by atoms with Gasteiger partial charge in [-0.15, -0.1) is 0 Å². The summed E-state index contributed by atoms with van der Waals surface area (Å²) >= 11 is 0. The molecule has 0 heterocycles. The van der Waals surface area contributed by atoms with Crippen LogP contribution in [0.15, 0.2) is 54.6 Å². The van der Waals surface area contributed by atoms with Crippen LogP contribution in [0.5, 0.6) is 0 Å². The van der Waals surface area contributed by atoms with Gasteiger partial charge < -0.3 is 5.11 Å². The van der Waals surface area contributed by atoms with Crippen LogP contribution in [-0.2, 0) is 11.2 Å². The number of aliphatic hydroxyl groups excluding tert-OH is 1. The molecule has 0 amide bonds. The average molecular weight is 322 g/mol. The van der Waals surface area contributed by atoms with Crippen molar-refractivity contribution in [2.75, 3.05) is 0 Å². The molecule has 0 aliphatic rings. The lowest BCUT2D eigenvalue weighted by Gasteiger charge is -2.19. The maximum atomic E-state index is 12.6. The highest BCUT2D eigenvalue weighted by Crippen LogP contribution is 2.18. The monoisotopic (exact) mass is 322 g/mol. The Morgan fingerprint density at radius 3 is 2.08 bits per heavy atom. The highest BCUT2D eigenvalue weighted by atomic mass is 16.3. The first-order chi connectivity index (χ1) is 11.5. The third kappa shape index (κ3) is 5.17. The molecule has 0 aromatic heterocycles. The van der Waals surface area contributed by atoms with E-state index in [0.717, 1.165) is 11.1 Å². The van der Waals surface area contributed by atoms with Crippen molar-refractivity contribution in [2.24, 2.45) is 5.92 Å². The Labute approximate surface area is 144 Å². The van der Waals surface area contributed by atoms with Crippen molar-refractivity contribution in [1.82, 2.24) is 0 Å². The summed E-state index contributed by atoms with van der Waals surface area (Å²) in [5, 5.41) is 10.3. The van der Waals surface area contributed by atoms with Gasteiger partial charge in [-0.3, -0.25) is 4.79 Å². The fourth-order valence-corrected chi connectivity index (χ4v) is 2.67. The summed E-state index contributed by atoms with van der Waals surface area (Å²) in [5.74, 6) is -0.426. The molecule has 0 aliphatic heterocycles. The Kier molecular flexibility index (Phi) is 6.51. The number of aryl methyl sites for hydroxylation is 2. The summed E-state index contributed by atoms with van der Waals surface area (Å²) in [6.45, 7) is 5.98. The van der Waals surface area contributed by atoms with Gasteiger partial charge in [0.05, 0.1) is 12.0 Å². The molecular weight excluding hydrogens is 296 g/mol. The highest BCUT2D eigenvalue weighted by molar-refractivity contribution is 5.95. The Morgan fingerprint density at radius 1 is 1.00 bits per heavy atom. The van der Waals surface area contributed by atoms with E-state index in [1.54, 1.807) is 6.08 Å². The molecule has 0 fully saturated rings. The summed E-state index contributed by atoms with van der Waals surface area (Å²) in [5.41, 5.74) is 4.46. The Hall–Kier alpha value is -2.19. The third-order valence-corrected chi connectivity index (χ3v) is 4.34. The topological polar surface area (TPSA) is 37.3 Å². The quantitative estimate of drug-likeness (QED) is 0.761. The SMILES string of the molecule is CCC(O)C(Cc1ccc(C)cc1)C(=O)C=Cc1ccc(C)cc1. The molecule has 1 N–H and O–H groups in total. The van der Waals surface area contributed by atoms with E-state index in [2.05, 4.69) is 0 Å². The fourth-order valence-electron chi connectivity index (χ4n) is 2.67. The number of hydrogen-bond acceptors (Lipinski definition) is 2. The van der Waals surface area contributed by atoms with Gasteiger partial charge in [-0.05, 0) is 43.9 Å². The van der Waals surface area contributed by atoms with Gasteiger partial charge in [0.2, 0.25) is 0 Å². The number of allylic oxidation sites excluding steroid dienone is 1. The normalized spacial score (nSPS) is 13.8. The van der Waals surface area contributed by atoms with Crippen molar-refractivity contribution in [3.63, 3.8) is 0 Å². The molecule has 0 aliphatic carbocycles. The van der Waals surface area contributed by atoms with Gasteiger partial charge in [-0.25, -0.2) is 0 Å². The van der Waals surface area contributed by atoms with Crippen LogP contribution in [0, 0.1) is 19.8 Å². The van der Waals surface area contributed by atoms with Crippen LogP contribution < -0.4 is 0 Å². The van der Waals surface area contributed by atoms with Gasteiger partial charge in [0.15, 0.2) is 5.78 Å². The second-order valence-electron chi connectivity index (χ2n) is 6.42. The number of carbonyl (C=O) groups excluding carboxylic acids is 1. The van der Waals surface area contributed by atoms with E-state index in [0.29, 0.717) is 12.8 Å². The highest BCUT2D eigenvalue weighted by Gasteiger charge is 2.24. The summed E-state index contributed by atoms with van der Waals surface area (Å²) < 4.78 is 0. The van der Waals surface area contributed by atoms with E-state index >= 15 is 0 Å². The smallest absolute Gasteiger partial charge is 0.161 e. The molecule has 2 heteroatoms. The minimum absolute atomic E-state index is 0.0227. The van der Waals surface area contributed by atoms with Crippen molar-refractivity contribution in [3.8, 4) is 0 Å². The number of carbonyl (C=O) groups is 1. The molecule has 2 atom stereocenters. The Morgan fingerprint density at radius 2 is 1.54 bits per heavy atom. The lowest BCUT2D eigenvalue weighted by molar-refractivity contribution is -0.121. The number of hydrogen-bond donors (Lipinski definition) is 1.